The van der Waals surface area contributed by atoms with E-state index in [1.54, 1.807) is 7.11 Å². The Morgan fingerprint density at radius 3 is 2.39 bits per heavy atom. The van der Waals surface area contributed by atoms with Gasteiger partial charge in [0, 0.05) is 11.6 Å². The molecule has 2 rings (SSSR count). The maximum absolute atomic E-state index is 12.3. The number of carbonyl (C=O) groups is 1. The van der Waals surface area contributed by atoms with Crippen LogP contribution in [0.15, 0.2) is 24.3 Å². The molecule has 1 saturated carbocycles. The molecular weight excluding hydrogens is 226 g/mol. The lowest BCUT2D eigenvalue weighted by Crippen LogP contribution is -2.46. The van der Waals surface area contributed by atoms with Gasteiger partial charge in [0.25, 0.3) is 0 Å². The normalized spacial score (nSPS) is 17.3. The standard InChI is InChI=1S/C15H21NO2/c1-11(16(2)13-5-4-6-13)15(17)12-7-9-14(18-3)10-8-12/h7-11,13H,4-6H2,1-3H3. The lowest BCUT2D eigenvalue weighted by molar-refractivity contribution is 0.0723. The van der Waals surface area contributed by atoms with Gasteiger partial charge >= 0.3 is 0 Å². The molecule has 1 aliphatic carbocycles. The number of ketones is 1. The molecule has 1 aromatic rings. The third kappa shape index (κ3) is 2.56. The first-order valence-electron chi connectivity index (χ1n) is 6.53. The van der Waals surface area contributed by atoms with Crippen LogP contribution >= 0.6 is 0 Å². The second-order valence-electron chi connectivity index (χ2n) is 5.02. The van der Waals surface area contributed by atoms with Gasteiger partial charge in [-0.05, 0) is 51.1 Å². The third-order valence-corrected chi connectivity index (χ3v) is 4.02. The molecular formula is C15H21NO2. The molecule has 18 heavy (non-hydrogen) atoms. The summed E-state index contributed by atoms with van der Waals surface area (Å²) in [5, 5.41) is 0. The van der Waals surface area contributed by atoms with E-state index in [1.807, 2.05) is 31.2 Å². The van der Waals surface area contributed by atoms with Crippen molar-refractivity contribution in [3.05, 3.63) is 29.8 Å². The summed E-state index contributed by atoms with van der Waals surface area (Å²) in [7, 11) is 3.68. The number of carbonyl (C=O) groups excluding carboxylic acids is 1. The Balaban J connectivity index is 2.04. The van der Waals surface area contributed by atoms with Crippen molar-refractivity contribution in [2.45, 2.75) is 38.3 Å². The highest BCUT2D eigenvalue weighted by Crippen LogP contribution is 2.26. The van der Waals surface area contributed by atoms with E-state index in [0.29, 0.717) is 6.04 Å². The lowest BCUT2D eigenvalue weighted by atomic mass is 9.90. The maximum Gasteiger partial charge on any atom is 0.179 e. The Labute approximate surface area is 109 Å². The fourth-order valence-electron chi connectivity index (χ4n) is 2.29. The molecule has 3 nitrogen and oxygen atoms in total. The van der Waals surface area contributed by atoms with Crippen LogP contribution in [0.5, 0.6) is 5.75 Å². The van der Waals surface area contributed by atoms with E-state index in [2.05, 4.69) is 11.9 Å². The molecule has 0 amide bonds. The van der Waals surface area contributed by atoms with Crippen LogP contribution in [0.2, 0.25) is 0 Å². The zero-order valence-corrected chi connectivity index (χ0v) is 11.3. The van der Waals surface area contributed by atoms with Crippen LogP contribution in [-0.4, -0.2) is 36.9 Å². The molecule has 1 aliphatic rings. The summed E-state index contributed by atoms with van der Waals surface area (Å²) < 4.78 is 5.10. The zero-order valence-electron chi connectivity index (χ0n) is 11.3. The van der Waals surface area contributed by atoms with Crippen LogP contribution in [0.4, 0.5) is 0 Å². The van der Waals surface area contributed by atoms with Crippen molar-refractivity contribution in [2.24, 2.45) is 0 Å². The van der Waals surface area contributed by atoms with E-state index in [0.717, 1.165) is 11.3 Å². The van der Waals surface area contributed by atoms with Gasteiger partial charge in [0.1, 0.15) is 5.75 Å². The maximum atomic E-state index is 12.3. The summed E-state index contributed by atoms with van der Waals surface area (Å²) in [6.07, 6.45) is 3.73. The Bertz CT molecular complexity index is 409. The zero-order chi connectivity index (χ0) is 13.1. The molecule has 3 heteroatoms. The molecule has 0 bridgehead atoms. The summed E-state index contributed by atoms with van der Waals surface area (Å²) in [5.41, 5.74) is 0.759. The van der Waals surface area contributed by atoms with E-state index < -0.39 is 0 Å². The molecule has 0 aromatic heterocycles. The average molecular weight is 247 g/mol. The topological polar surface area (TPSA) is 29.5 Å². The van der Waals surface area contributed by atoms with Crippen molar-refractivity contribution in [1.29, 1.82) is 0 Å². The first-order valence-corrected chi connectivity index (χ1v) is 6.53. The van der Waals surface area contributed by atoms with Crippen LogP contribution in [-0.2, 0) is 0 Å². The molecule has 0 N–H and O–H groups in total. The quantitative estimate of drug-likeness (QED) is 0.749. The van der Waals surface area contributed by atoms with Gasteiger partial charge in [-0.3, -0.25) is 9.69 Å². The number of rotatable bonds is 5. The fraction of sp³-hybridized carbons (Fsp3) is 0.533. The minimum atomic E-state index is -0.0521. The van der Waals surface area contributed by atoms with Gasteiger partial charge in [0.2, 0.25) is 0 Å². The van der Waals surface area contributed by atoms with E-state index >= 15 is 0 Å². The molecule has 0 radical (unpaired) electrons. The molecule has 1 aromatic carbocycles. The molecule has 98 valence electrons. The number of hydrogen-bond acceptors (Lipinski definition) is 3. The Morgan fingerprint density at radius 2 is 1.94 bits per heavy atom. The second-order valence-corrected chi connectivity index (χ2v) is 5.02. The molecule has 0 saturated heterocycles. The highest BCUT2D eigenvalue weighted by molar-refractivity contribution is 5.99. The smallest absolute Gasteiger partial charge is 0.179 e. The van der Waals surface area contributed by atoms with E-state index in [1.165, 1.54) is 19.3 Å². The highest BCUT2D eigenvalue weighted by atomic mass is 16.5. The van der Waals surface area contributed by atoms with Gasteiger partial charge in [-0.25, -0.2) is 0 Å². The van der Waals surface area contributed by atoms with Gasteiger partial charge < -0.3 is 4.74 Å². The summed E-state index contributed by atoms with van der Waals surface area (Å²) in [6.45, 7) is 1.99. The van der Waals surface area contributed by atoms with Gasteiger partial charge in [0.05, 0.1) is 13.2 Å². The highest BCUT2D eigenvalue weighted by Gasteiger charge is 2.29. The van der Waals surface area contributed by atoms with Crippen molar-refractivity contribution in [2.75, 3.05) is 14.2 Å². The summed E-state index contributed by atoms with van der Waals surface area (Å²) in [6, 6.07) is 7.89. The number of Topliss-reactive ketones (excluding diaryl/α,β-unsaturated/α-hetero) is 1. The van der Waals surface area contributed by atoms with E-state index in [-0.39, 0.29) is 11.8 Å². The summed E-state index contributed by atoms with van der Waals surface area (Å²) >= 11 is 0. The largest absolute Gasteiger partial charge is 0.497 e. The van der Waals surface area contributed by atoms with Gasteiger partial charge in [-0.2, -0.15) is 0 Å². The first kappa shape index (κ1) is 13.1. The number of benzene rings is 1. The van der Waals surface area contributed by atoms with Crippen molar-refractivity contribution >= 4 is 5.78 Å². The monoisotopic (exact) mass is 247 g/mol. The number of likely N-dealkylation sites (N-methyl/N-ethyl adjacent to an activating group) is 1. The van der Waals surface area contributed by atoms with Crippen LogP contribution in [0, 0.1) is 0 Å². The SMILES string of the molecule is COc1ccc(C(=O)C(C)N(C)C2CCC2)cc1. The van der Waals surface area contributed by atoms with Crippen molar-refractivity contribution in [3.63, 3.8) is 0 Å². The Kier molecular flexibility index (Phi) is 4.02. The van der Waals surface area contributed by atoms with E-state index in [9.17, 15) is 4.79 Å². The Morgan fingerprint density at radius 1 is 1.33 bits per heavy atom. The number of methoxy groups -OCH3 is 1. The van der Waals surface area contributed by atoms with Crippen LogP contribution in [0.3, 0.4) is 0 Å². The first-order chi connectivity index (χ1) is 8.63. The molecule has 1 fully saturated rings. The molecule has 1 unspecified atom stereocenters. The number of nitrogens with zero attached hydrogens (tertiary/aromatic N) is 1. The lowest BCUT2D eigenvalue weighted by Gasteiger charge is -2.38. The minimum absolute atomic E-state index is 0.0521. The van der Waals surface area contributed by atoms with E-state index in [4.69, 9.17) is 4.74 Å². The molecule has 1 atom stereocenters. The summed E-state index contributed by atoms with van der Waals surface area (Å²) in [4.78, 5) is 14.6. The Hall–Kier alpha value is -1.35. The van der Waals surface area contributed by atoms with Crippen LogP contribution in [0.25, 0.3) is 0 Å². The number of hydrogen-bond donors (Lipinski definition) is 0. The van der Waals surface area contributed by atoms with Gasteiger partial charge in [-0.1, -0.05) is 6.42 Å². The average Bonchev–Trinajstić information content (AvgIpc) is 2.35. The van der Waals surface area contributed by atoms with Crippen molar-refractivity contribution < 1.29 is 9.53 Å². The molecule has 0 aliphatic heterocycles. The fourth-order valence-corrected chi connectivity index (χ4v) is 2.29. The van der Waals surface area contributed by atoms with Crippen LogP contribution in [0.1, 0.15) is 36.5 Å². The molecule has 0 heterocycles. The number of ether oxygens (including phenoxy) is 1. The minimum Gasteiger partial charge on any atom is -0.497 e. The summed E-state index contributed by atoms with van der Waals surface area (Å²) in [5.74, 6) is 0.971. The van der Waals surface area contributed by atoms with Gasteiger partial charge in [0.15, 0.2) is 5.78 Å². The van der Waals surface area contributed by atoms with Gasteiger partial charge in [-0.15, -0.1) is 0 Å². The van der Waals surface area contributed by atoms with Crippen LogP contribution < -0.4 is 4.74 Å². The molecule has 0 spiro atoms. The van der Waals surface area contributed by atoms with Crippen molar-refractivity contribution in [1.82, 2.24) is 4.90 Å². The third-order valence-electron chi connectivity index (χ3n) is 4.02. The predicted octanol–water partition coefficient (Wildman–Crippen LogP) is 2.75. The second kappa shape index (κ2) is 5.53. The van der Waals surface area contributed by atoms with Crippen molar-refractivity contribution in [3.8, 4) is 5.75 Å². The predicted molar refractivity (Wildman–Crippen MR) is 72.2 cm³/mol.